The fourth-order valence-corrected chi connectivity index (χ4v) is 2.88. The van der Waals surface area contributed by atoms with Crippen LogP contribution in [0.3, 0.4) is 0 Å². The maximum Gasteiger partial charge on any atom is 0.341 e. The Kier molecular flexibility index (Phi) is 3.53. The number of fused-ring (bicyclic) bond motifs is 3. The SMILES string of the molecule is CCOC(=O)C1=CNCCc2c1[nH]c1ccc(Br)cc21. The normalized spacial score (nSPS) is 14.2. The number of aromatic nitrogens is 1. The predicted octanol–water partition coefficient (Wildman–Crippen LogP) is 2.98. The predicted molar refractivity (Wildman–Crippen MR) is 82.3 cm³/mol. The average Bonchev–Trinajstić information content (AvgIpc) is 2.64. The van der Waals surface area contributed by atoms with Crippen LogP contribution in [0.1, 0.15) is 18.2 Å². The van der Waals surface area contributed by atoms with E-state index in [0.717, 1.165) is 39.6 Å². The summed E-state index contributed by atoms with van der Waals surface area (Å²) in [6.07, 6.45) is 2.61. The number of rotatable bonds is 2. The number of nitrogens with one attached hydrogen (secondary N) is 2. The highest BCUT2D eigenvalue weighted by atomic mass is 79.9. The quantitative estimate of drug-likeness (QED) is 0.830. The Morgan fingerprint density at radius 2 is 2.30 bits per heavy atom. The third-order valence-electron chi connectivity index (χ3n) is 3.40. The zero-order valence-electron chi connectivity index (χ0n) is 11.1. The van der Waals surface area contributed by atoms with Crippen LogP contribution in [0.5, 0.6) is 0 Å². The molecule has 2 aromatic rings. The number of halogens is 1. The van der Waals surface area contributed by atoms with Gasteiger partial charge in [-0.15, -0.1) is 0 Å². The molecule has 0 atom stereocenters. The van der Waals surface area contributed by atoms with E-state index in [1.165, 1.54) is 0 Å². The van der Waals surface area contributed by atoms with Crippen molar-refractivity contribution in [1.29, 1.82) is 0 Å². The van der Waals surface area contributed by atoms with Crippen LogP contribution < -0.4 is 5.32 Å². The molecule has 0 saturated carbocycles. The third-order valence-corrected chi connectivity index (χ3v) is 3.89. The topological polar surface area (TPSA) is 54.1 Å². The van der Waals surface area contributed by atoms with Crippen molar-refractivity contribution in [3.8, 4) is 0 Å². The molecule has 5 heteroatoms. The molecular weight excluding hydrogens is 320 g/mol. The maximum atomic E-state index is 12.1. The lowest BCUT2D eigenvalue weighted by Crippen LogP contribution is -2.11. The number of H-pyrrole nitrogens is 1. The van der Waals surface area contributed by atoms with Gasteiger partial charge in [-0.3, -0.25) is 0 Å². The molecule has 20 heavy (non-hydrogen) atoms. The van der Waals surface area contributed by atoms with Crippen LogP contribution >= 0.6 is 15.9 Å². The van der Waals surface area contributed by atoms with Crippen LogP contribution in [0.2, 0.25) is 0 Å². The minimum absolute atomic E-state index is 0.297. The van der Waals surface area contributed by atoms with Crippen molar-refractivity contribution in [2.24, 2.45) is 0 Å². The van der Waals surface area contributed by atoms with Gasteiger partial charge in [0.05, 0.1) is 17.9 Å². The fourth-order valence-electron chi connectivity index (χ4n) is 2.52. The van der Waals surface area contributed by atoms with Crippen molar-refractivity contribution < 1.29 is 9.53 Å². The summed E-state index contributed by atoms with van der Waals surface area (Å²) in [6, 6.07) is 6.09. The summed E-state index contributed by atoms with van der Waals surface area (Å²) < 4.78 is 6.17. The second-order valence-electron chi connectivity index (χ2n) is 4.65. The molecule has 0 unspecified atom stereocenters. The molecule has 1 aromatic heterocycles. The van der Waals surface area contributed by atoms with E-state index in [9.17, 15) is 4.79 Å². The molecule has 0 saturated heterocycles. The summed E-state index contributed by atoms with van der Waals surface area (Å²) in [4.78, 5) is 15.4. The number of esters is 1. The molecule has 2 heterocycles. The molecule has 0 spiro atoms. The van der Waals surface area contributed by atoms with Gasteiger partial charge in [-0.25, -0.2) is 4.79 Å². The molecule has 0 amide bonds. The fraction of sp³-hybridized carbons (Fsp3) is 0.267. The van der Waals surface area contributed by atoms with E-state index in [4.69, 9.17) is 4.74 Å². The highest BCUT2D eigenvalue weighted by Crippen LogP contribution is 2.31. The summed E-state index contributed by atoms with van der Waals surface area (Å²) >= 11 is 3.50. The van der Waals surface area contributed by atoms with E-state index >= 15 is 0 Å². The van der Waals surface area contributed by atoms with Gasteiger partial charge < -0.3 is 15.0 Å². The van der Waals surface area contributed by atoms with Gasteiger partial charge in [0.1, 0.15) is 0 Å². The molecule has 0 bridgehead atoms. The Hall–Kier alpha value is -1.75. The Morgan fingerprint density at radius 1 is 1.45 bits per heavy atom. The smallest absolute Gasteiger partial charge is 0.341 e. The van der Waals surface area contributed by atoms with Crippen molar-refractivity contribution in [3.05, 3.63) is 40.1 Å². The standard InChI is InChI=1S/C15H15BrN2O2/c1-2-20-15(19)12-8-17-6-5-10-11-7-9(16)3-4-13(11)18-14(10)12/h3-4,7-8,17-18H,2,5-6H2,1H3. The van der Waals surface area contributed by atoms with Crippen LogP contribution in [0.4, 0.5) is 0 Å². The van der Waals surface area contributed by atoms with Gasteiger partial charge in [0.25, 0.3) is 0 Å². The minimum Gasteiger partial charge on any atom is -0.462 e. The third kappa shape index (κ3) is 2.22. The van der Waals surface area contributed by atoms with Crippen molar-refractivity contribution in [2.75, 3.05) is 13.2 Å². The lowest BCUT2D eigenvalue weighted by atomic mass is 10.0. The molecular formula is C15H15BrN2O2. The van der Waals surface area contributed by atoms with E-state index in [0.29, 0.717) is 12.2 Å². The van der Waals surface area contributed by atoms with Gasteiger partial charge in [-0.05, 0) is 37.1 Å². The highest BCUT2D eigenvalue weighted by molar-refractivity contribution is 9.10. The Labute approximate surface area is 125 Å². The maximum absolute atomic E-state index is 12.1. The first-order chi connectivity index (χ1) is 9.70. The molecule has 1 aliphatic heterocycles. The molecule has 1 aliphatic rings. The highest BCUT2D eigenvalue weighted by Gasteiger charge is 2.22. The zero-order chi connectivity index (χ0) is 14.1. The van der Waals surface area contributed by atoms with Crippen molar-refractivity contribution >= 4 is 38.4 Å². The van der Waals surface area contributed by atoms with Crippen LogP contribution in [0, 0.1) is 0 Å². The Morgan fingerprint density at radius 3 is 3.10 bits per heavy atom. The van der Waals surface area contributed by atoms with E-state index in [1.807, 2.05) is 19.1 Å². The summed E-state index contributed by atoms with van der Waals surface area (Å²) in [5.41, 5.74) is 3.62. The van der Waals surface area contributed by atoms with Crippen molar-refractivity contribution in [1.82, 2.24) is 10.3 Å². The van der Waals surface area contributed by atoms with Crippen LogP contribution in [-0.2, 0) is 16.0 Å². The number of hydrogen-bond donors (Lipinski definition) is 2. The van der Waals surface area contributed by atoms with Crippen LogP contribution in [0.25, 0.3) is 16.5 Å². The van der Waals surface area contributed by atoms with Crippen LogP contribution in [-0.4, -0.2) is 24.1 Å². The molecule has 1 aromatic carbocycles. The van der Waals surface area contributed by atoms with Gasteiger partial charge in [0.2, 0.25) is 0 Å². The molecule has 104 valence electrons. The zero-order valence-corrected chi connectivity index (χ0v) is 12.7. The Bertz CT molecular complexity index is 703. The van der Waals surface area contributed by atoms with Gasteiger partial charge in [-0.2, -0.15) is 0 Å². The first-order valence-electron chi connectivity index (χ1n) is 6.62. The van der Waals surface area contributed by atoms with E-state index in [2.05, 4.69) is 32.3 Å². The summed E-state index contributed by atoms with van der Waals surface area (Å²) in [6.45, 7) is 2.98. The monoisotopic (exact) mass is 334 g/mol. The molecule has 3 rings (SSSR count). The first-order valence-corrected chi connectivity index (χ1v) is 7.41. The van der Waals surface area contributed by atoms with Crippen molar-refractivity contribution in [3.63, 3.8) is 0 Å². The van der Waals surface area contributed by atoms with E-state index < -0.39 is 0 Å². The van der Waals surface area contributed by atoms with Crippen molar-refractivity contribution in [2.45, 2.75) is 13.3 Å². The molecule has 0 radical (unpaired) electrons. The first kappa shape index (κ1) is 13.2. The average molecular weight is 335 g/mol. The largest absolute Gasteiger partial charge is 0.462 e. The number of carbonyl (C=O) groups excluding carboxylic acids is 1. The number of carbonyl (C=O) groups is 1. The summed E-state index contributed by atoms with van der Waals surface area (Å²) in [7, 11) is 0. The van der Waals surface area contributed by atoms with Crippen LogP contribution in [0.15, 0.2) is 28.9 Å². The molecule has 0 fully saturated rings. The number of benzene rings is 1. The van der Waals surface area contributed by atoms with E-state index in [-0.39, 0.29) is 5.97 Å². The summed E-state index contributed by atoms with van der Waals surface area (Å²) in [5, 5.41) is 4.30. The lowest BCUT2D eigenvalue weighted by Gasteiger charge is -2.05. The number of hydrogen-bond acceptors (Lipinski definition) is 3. The van der Waals surface area contributed by atoms with Gasteiger partial charge in [-0.1, -0.05) is 15.9 Å². The Balaban J connectivity index is 2.17. The molecule has 0 aliphatic carbocycles. The molecule has 4 nitrogen and oxygen atoms in total. The molecule has 2 N–H and O–H groups in total. The summed E-state index contributed by atoms with van der Waals surface area (Å²) in [5.74, 6) is -0.297. The van der Waals surface area contributed by atoms with Gasteiger partial charge in [0, 0.05) is 28.1 Å². The lowest BCUT2D eigenvalue weighted by molar-refractivity contribution is -0.136. The number of ether oxygens (including phenoxy) is 1. The van der Waals surface area contributed by atoms with Gasteiger partial charge >= 0.3 is 5.97 Å². The van der Waals surface area contributed by atoms with E-state index in [1.54, 1.807) is 6.20 Å². The second-order valence-corrected chi connectivity index (χ2v) is 5.57. The second kappa shape index (κ2) is 5.32. The number of aromatic amines is 1. The minimum atomic E-state index is -0.297. The van der Waals surface area contributed by atoms with Gasteiger partial charge in [0.15, 0.2) is 0 Å².